The van der Waals surface area contributed by atoms with Gasteiger partial charge in [-0.3, -0.25) is 0 Å². The number of hydrogen-bond donors (Lipinski definition) is 3. The largest absolute Gasteiger partial charge is 0.497 e. The average Bonchev–Trinajstić information content (AvgIpc) is 2.43. The molecule has 0 fully saturated rings. The Balaban J connectivity index is 2.61. The summed E-state index contributed by atoms with van der Waals surface area (Å²) in [6, 6.07) is 7.60. The van der Waals surface area contributed by atoms with E-state index in [1.54, 1.807) is 7.11 Å². The number of guanidine groups is 1. The molecule has 4 N–H and O–H groups in total. The molecule has 0 saturated heterocycles. The van der Waals surface area contributed by atoms with Crippen molar-refractivity contribution >= 4 is 16.0 Å². The molecule has 0 bridgehead atoms. The number of aliphatic imine (C=N–C) groups is 1. The van der Waals surface area contributed by atoms with Crippen LogP contribution < -0.4 is 20.5 Å². The Kier molecular flexibility index (Phi) is 6.97. The monoisotopic (exact) mass is 314 g/mol. The van der Waals surface area contributed by atoms with E-state index in [1.807, 2.05) is 31.2 Å². The molecule has 8 heteroatoms. The lowest BCUT2D eigenvalue weighted by atomic mass is 10.2. The highest BCUT2D eigenvalue weighted by Crippen LogP contribution is 2.12. The zero-order chi connectivity index (χ0) is 15.7. The quantitative estimate of drug-likeness (QED) is 0.487. The van der Waals surface area contributed by atoms with Crippen LogP contribution in [0.4, 0.5) is 0 Å². The molecular weight excluding hydrogens is 292 g/mol. The molecule has 0 aliphatic rings. The van der Waals surface area contributed by atoms with Gasteiger partial charge in [0.15, 0.2) is 5.96 Å². The summed E-state index contributed by atoms with van der Waals surface area (Å²) in [5.74, 6) is 1.18. The van der Waals surface area contributed by atoms with Crippen LogP contribution in [-0.4, -0.2) is 40.3 Å². The molecule has 0 aromatic heterocycles. The summed E-state index contributed by atoms with van der Waals surface area (Å²) in [7, 11) is -1.86. The summed E-state index contributed by atoms with van der Waals surface area (Å²) in [4.78, 5) is 4.38. The zero-order valence-electron chi connectivity index (χ0n) is 12.3. The molecule has 1 aromatic rings. The third kappa shape index (κ3) is 7.52. The molecule has 118 valence electrons. The first-order chi connectivity index (χ1) is 9.94. The van der Waals surface area contributed by atoms with Gasteiger partial charge in [-0.25, -0.2) is 18.5 Å². The van der Waals surface area contributed by atoms with Gasteiger partial charge in [0.05, 0.1) is 19.4 Å². The van der Waals surface area contributed by atoms with Crippen LogP contribution in [-0.2, 0) is 16.6 Å². The van der Waals surface area contributed by atoms with Crippen molar-refractivity contribution in [1.82, 2.24) is 10.6 Å². The van der Waals surface area contributed by atoms with Gasteiger partial charge in [-0.1, -0.05) is 12.1 Å². The number of ether oxygens (including phenoxy) is 1. The first kappa shape index (κ1) is 17.3. The number of nitrogens with two attached hydrogens (primary N) is 1. The molecule has 1 aromatic carbocycles. The van der Waals surface area contributed by atoms with E-state index in [0.29, 0.717) is 19.0 Å². The Bertz CT molecular complexity index is 573. The molecule has 7 nitrogen and oxygen atoms in total. The van der Waals surface area contributed by atoms with Crippen LogP contribution in [0.15, 0.2) is 29.3 Å². The van der Waals surface area contributed by atoms with Crippen molar-refractivity contribution in [3.8, 4) is 5.75 Å². The maximum Gasteiger partial charge on any atom is 0.210 e. The number of benzene rings is 1. The molecule has 0 atom stereocenters. The lowest BCUT2D eigenvalue weighted by Gasteiger charge is -2.10. The van der Waals surface area contributed by atoms with E-state index in [9.17, 15) is 8.42 Å². The van der Waals surface area contributed by atoms with Gasteiger partial charge in [-0.05, 0) is 24.6 Å². The summed E-state index contributed by atoms with van der Waals surface area (Å²) in [6.45, 7) is 3.28. The van der Waals surface area contributed by atoms with Gasteiger partial charge in [0, 0.05) is 13.1 Å². The maximum atomic E-state index is 10.9. The standard InChI is InChI=1S/C13H22N4O3S/c1-3-15-13(16-7-8-21(14,18)19)17-10-11-5-4-6-12(9-11)20-2/h4-6,9H,3,7-8,10H2,1-2H3,(H2,14,18,19)(H2,15,16,17). The van der Waals surface area contributed by atoms with Crippen LogP contribution in [0.25, 0.3) is 0 Å². The minimum Gasteiger partial charge on any atom is -0.497 e. The Morgan fingerprint density at radius 1 is 1.38 bits per heavy atom. The molecule has 0 amide bonds. The summed E-state index contributed by atoms with van der Waals surface area (Å²) < 4.78 is 26.9. The summed E-state index contributed by atoms with van der Waals surface area (Å²) in [5.41, 5.74) is 0.998. The third-order valence-electron chi connectivity index (χ3n) is 2.58. The van der Waals surface area contributed by atoms with Crippen molar-refractivity contribution in [2.24, 2.45) is 10.1 Å². The summed E-state index contributed by atoms with van der Waals surface area (Å²) in [5, 5.41) is 10.9. The van der Waals surface area contributed by atoms with E-state index >= 15 is 0 Å². The highest BCUT2D eigenvalue weighted by Gasteiger charge is 2.03. The minimum atomic E-state index is -3.47. The maximum absolute atomic E-state index is 10.9. The van der Waals surface area contributed by atoms with Crippen molar-refractivity contribution in [2.45, 2.75) is 13.5 Å². The number of primary sulfonamides is 1. The minimum absolute atomic E-state index is 0.142. The number of rotatable bonds is 7. The predicted molar refractivity (Wildman–Crippen MR) is 83.8 cm³/mol. The molecular formula is C13H22N4O3S. The van der Waals surface area contributed by atoms with Gasteiger partial charge in [-0.15, -0.1) is 0 Å². The zero-order valence-corrected chi connectivity index (χ0v) is 13.1. The van der Waals surface area contributed by atoms with Crippen molar-refractivity contribution in [2.75, 3.05) is 26.0 Å². The van der Waals surface area contributed by atoms with Gasteiger partial charge in [0.1, 0.15) is 5.75 Å². The Morgan fingerprint density at radius 3 is 2.76 bits per heavy atom. The van der Waals surface area contributed by atoms with E-state index in [4.69, 9.17) is 9.88 Å². The fraction of sp³-hybridized carbons (Fsp3) is 0.462. The Morgan fingerprint density at radius 2 is 2.14 bits per heavy atom. The molecule has 21 heavy (non-hydrogen) atoms. The van der Waals surface area contributed by atoms with Gasteiger partial charge in [0.2, 0.25) is 10.0 Å². The molecule has 0 aliphatic heterocycles. The van der Waals surface area contributed by atoms with E-state index in [1.165, 1.54) is 0 Å². The lowest BCUT2D eigenvalue weighted by molar-refractivity contribution is 0.414. The van der Waals surface area contributed by atoms with Crippen LogP contribution in [0.5, 0.6) is 5.75 Å². The van der Waals surface area contributed by atoms with E-state index in [2.05, 4.69) is 15.6 Å². The van der Waals surface area contributed by atoms with Crippen molar-refractivity contribution in [3.63, 3.8) is 0 Å². The molecule has 0 unspecified atom stereocenters. The summed E-state index contributed by atoms with van der Waals surface area (Å²) in [6.07, 6.45) is 0. The highest BCUT2D eigenvalue weighted by molar-refractivity contribution is 7.89. The first-order valence-corrected chi connectivity index (χ1v) is 8.31. The Hall–Kier alpha value is -1.80. The summed E-state index contributed by atoms with van der Waals surface area (Å²) >= 11 is 0. The SMILES string of the molecule is CCNC(=NCc1cccc(OC)c1)NCCS(N)(=O)=O. The van der Waals surface area contributed by atoms with Crippen LogP contribution in [0.2, 0.25) is 0 Å². The van der Waals surface area contributed by atoms with E-state index in [0.717, 1.165) is 11.3 Å². The average molecular weight is 314 g/mol. The van der Waals surface area contributed by atoms with Crippen molar-refractivity contribution in [1.29, 1.82) is 0 Å². The van der Waals surface area contributed by atoms with Crippen LogP contribution >= 0.6 is 0 Å². The van der Waals surface area contributed by atoms with E-state index < -0.39 is 10.0 Å². The highest BCUT2D eigenvalue weighted by atomic mass is 32.2. The Labute approximate surface area is 125 Å². The van der Waals surface area contributed by atoms with Crippen molar-refractivity contribution < 1.29 is 13.2 Å². The third-order valence-corrected chi connectivity index (χ3v) is 3.35. The van der Waals surface area contributed by atoms with Gasteiger partial charge >= 0.3 is 0 Å². The topological polar surface area (TPSA) is 106 Å². The molecule has 0 radical (unpaired) electrons. The van der Waals surface area contributed by atoms with Gasteiger partial charge in [0.25, 0.3) is 0 Å². The fourth-order valence-electron chi connectivity index (χ4n) is 1.59. The number of sulfonamides is 1. The molecule has 1 rings (SSSR count). The molecule has 0 saturated carbocycles. The van der Waals surface area contributed by atoms with Crippen LogP contribution in [0.3, 0.4) is 0 Å². The normalized spacial score (nSPS) is 12.0. The van der Waals surface area contributed by atoms with Crippen LogP contribution in [0, 0.1) is 0 Å². The first-order valence-electron chi connectivity index (χ1n) is 6.60. The molecule has 0 aliphatic carbocycles. The molecule has 0 spiro atoms. The fourth-order valence-corrected chi connectivity index (χ4v) is 1.98. The second-order valence-corrected chi connectivity index (χ2v) is 6.07. The lowest BCUT2D eigenvalue weighted by Crippen LogP contribution is -2.40. The second kappa shape index (κ2) is 8.48. The van der Waals surface area contributed by atoms with E-state index in [-0.39, 0.29) is 12.3 Å². The number of hydrogen-bond acceptors (Lipinski definition) is 4. The number of nitrogens with one attached hydrogen (secondary N) is 2. The second-order valence-electron chi connectivity index (χ2n) is 4.34. The van der Waals surface area contributed by atoms with Crippen molar-refractivity contribution in [3.05, 3.63) is 29.8 Å². The number of nitrogens with zero attached hydrogens (tertiary/aromatic N) is 1. The van der Waals surface area contributed by atoms with Gasteiger partial charge < -0.3 is 15.4 Å². The number of methoxy groups -OCH3 is 1. The van der Waals surface area contributed by atoms with Crippen LogP contribution in [0.1, 0.15) is 12.5 Å². The van der Waals surface area contributed by atoms with Gasteiger partial charge in [-0.2, -0.15) is 0 Å². The predicted octanol–water partition coefficient (Wildman–Crippen LogP) is 0.0388. The smallest absolute Gasteiger partial charge is 0.210 e. The molecule has 0 heterocycles.